The van der Waals surface area contributed by atoms with Gasteiger partial charge in [-0.25, -0.2) is 23.4 Å². The third kappa shape index (κ3) is 3.44. The van der Waals surface area contributed by atoms with Crippen molar-refractivity contribution in [2.24, 2.45) is 0 Å². The normalized spacial score (nSPS) is 24.1. The zero-order valence-corrected chi connectivity index (χ0v) is 16.8. The second kappa shape index (κ2) is 6.87. The minimum absolute atomic E-state index is 0.0680. The number of aromatic amines is 1. The van der Waals surface area contributed by atoms with E-state index in [0.717, 1.165) is 12.7 Å². The number of imidazole rings is 1. The summed E-state index contributed by atoms with van der Waals surface area (Å²) >= 11 is 6.36. The van der Waals surface area contributed by atoms with Crippen LogP contribution in [0.4, 0.5) is 0 Å². The third-order valence-electron chi connectivity index (χ3n) is 4.82. The third-order valence-corrected chi connectivity index (χ3v) is 5.98. The Kier molecular flexibility index (Phi) is 4.42. The molecule has 5 rings (SSSR count). The number of halogens is 1. The van der Waals surface area contributed by atoms with Crippen LogP contribution in [0, 0.1) is 0 Å². The van der Waals surface area contributed by atoms with Gasteiger partial charge in [0, 0.05) is 30.8 Å². The van der Waals surface area contributed by atoms with Gasteiger partial charge >= 0.3 is 0 Å². The molecule has 0 aliphatic carbocycles. The molecule has 152 valence electrons. The average molecular weight is 438 g/mol. The van der Waals surface area contributed by atoms with Gasteiger partial charge in [-0.05, 0) is 12.5 Å². The molecule has 2 saturated heterocycles. The van der Waals surface area contributed by atoms with Gasteiger partial charge < -0.3 is 19.2 Å². The molecule has 0 radical (unpaired) electrons. The van der Waals surface area contributed by atoms with Gasteiger partial charge in [-0.15, -0.1) is 0 Å². The van der Waals surface area contributed by atoms with E-state index in [1.165, 1.54) is 12.4 Å². The molecule has 2 aliphatic rings. The second-order valence-corrected chi connectivity index (χ2v) is 9.23. The number of rotatable bonds is 4. The fourth-order valence-electron chi connectivity index (χ4n) is 3.46. The van der Waals surface area contributed by atoms with Crippen molar-refractivity contribution >= 4 is 32.6 Å². The lowest BCUT2D eigenvalue weighted by molar-refractivity contribution is 0.0273. The van der Waals surface area contributed by atoms with Crippen LogP contribution in [0.1, 0.15) is 6.42 Å². The summed E-state index contributed by atoms with van der Waals surface area (Å²) in [5.41, 5.74) is 1.86. The Balaban J connectivity index is 1.44. The van der Waals surface area contributed by atoms with Crippen LogP contribution in [-0.4, -0.2) is 71.1 Å². The molecular weight excluding hydrogens is 422 g/mol. The van der Waals surface area contributed by atoms with Crippen LogP contribution in [0.2, 0.25) is 5.02 Å². The zero-order valence-electron chi connectivity index (χ0n) is 15.2. The van der Waals surface area contributed by atoms with Gasteiger partial charge in [-0.2, -0.15) is 4.98 Å². The predicted molar refractivity (Wildman–Crippen MR) is 102 cm³/mol. The largest absolute Gasteiger partial charge is 0.456 e. The van der Waals surface area contributed by atoms with Gasteiger partial charge in [0.2, 0.25) is 15.0 Å². The molecule has 3 aromatic heterocycles. The van der Waals surface area contributed by atoms with Gasteiger partial charge in [-0.1, -0.05) is 11.6 Å². The van der Waals surface area contributed by atoms with Crippen molar-refractivity contribution in [3.05, 3.63) is 23.5 Å². The molecule has 0 amide bonds. The predicted octanol–water partition coefficient (Wildman–Crippen LogP) is 1.41. The molecule has 2 aliphatic heterocycles. The van der Waals surface area contributed by atoms with E-state index in [9.17, 15) is 8.42 Å². The molecule has 0 bridgehead atoms. The molecule has 0 saturated carbocycles. The van der Waals surface area contributed by atoms with Gasteiger partial charge in [0.25, 0.3) is 6.01 Å². The number of fused-ring (bicyclic) bond motifs is 2. The summed E-state index contributed by atoms with van der Waals surface area (Å²) in [4.78, 5) is 19.6. The number of aromatic nitrogens is 5. The van der Waals surface area contributed by atoms with Gasteiger partial charge in [0.15, 0.2) is 11.8 Å². The quantitative estimate of drug-likeness (QED) is 0.602. The number of hydrogen-bond acceptors (Lipinski definition) is 9. The number of sulfone groups is 1. The minimum Gasteiger partial charge on any atom is -0.456 e. The lowest BCUT2D eigenvalue weighted by Gasteiger charge is -2.15. The maximum Gasteiger partial charge on any atom is 0.296 e. The first-order valence-electron chi connectivity index (χ1n) is 8.87. The first-order valence-corrected chi connectivity index (χ1v) is 11.1. The van der Waals surface area contributed by atoms with Crippen LogP contribution in [0.15, 0.2) is 23.6 Å². The number of hydrogen-bond donors (Lipinski definition) is 1. The SMILES string of the molecule is CS(=O)(=O)c1ncc(-c2nc3nc(O[C@@H]4CO[C@@H]5CCO[C@@H]54)[nH]c3cc2Cl)cn1. The van der Waals surface area contributed by atoms with E-state index in [2.05, 4.69) is 24.9 Å². The summed E-state index contributed by atoms with van der Waals surface area (Å²) in [6.45, 7) is 1.10. The Bertz CT molecular complexity index is 1180. The Morgan fingerprint density at radius 2 is 2.03 bits per heavy atom. The molecule has 10 nitrogen and oxygen atoms in total. The second-order valence-electron chi connectivity index (χ2n) is 6.91. The highest BCUT2D eigenvalue weighted by Crippen LogP contribution is 2.31. The lowest BCUT2D eigenvalue weighted by Crippen LogP contribution is -2.32. The molecular formula is C17H16ClN5O5S. The number of nitrogens with zero attached hydrogens (tertiary/aromatic N) is 4. The fourth-order valence-corrected chi connectivity index (χ4v) is 4.21. The molecule has 0 spiro atoms. The molecule has 29 heavy (non-hydrogen) atoms. The van der Waals surface area contributed by atoms with Crippen molar-refractivity contribution < 1.29 is 22.6 Å². The van der Waals surface area contributed by atoms with E-state index < -0.39 is 9.84 Å². The first kappa shape index (κ1) is 18.7. The van der Waals surface area contributed by atoms with Crippen molar-refractivity contribution in [2.45, 2.75) is 29.9 Å². The lowest BCUT2D eigenvalue weighted by atomic mass is 10.1. The molecule has 0 unspecified atom stereocenters. The molecule has 3 aromatic rings. The van der Waals surface area contributed by atoms with E-state index in [0.29, 0.717) is 46.7 Å². The Morgan fingerprint density at radius 3 is 2.79 bits per heavy atom. The standard InChI is InChI=1S/C17H16ClN5O5S/c1-29(24,25)17-19-5-8(6-20-17)13-9(18)4-10-15(22-13)23-16(21-10)28-12-7-27-11-2-3-26-14(11)12/h4-6,11-12,14H,2-3,7H2,1H3,(H,21,22,23)/t11-,12-,14+/m1/s1. The summed E-state index contributed by atoms with van der Waals surface area (Å²) in [7, 11) is -3.49. The first-order chi connectivity index (χ1) is 13.9. The maximum atomic E-state index is 11.5. The number of pyridine rings is 1. The Morgan fingerprint density at radius 1 is 1.24 bits per heavy atom. The van der Waals surface area contributed by atoms with Crippen molar-refractivity contribution in [3.8, 4) is 17.3 Å². The van der Waals surface area contributed by atoms with Crippen LogP contribution in [0.3, 0.4) is 0 Å². The summed E-state index contributed by atoms with van der Waals surface area (Å²) < 4.78 is 40.3. The molecule has 1 N–H and O–H groups in total. The zero-order chi connectivity index (χ0) is 20.2. The molecule has 0 aromatic carbocycles. The highest BCUT2D eigenvalue weighted by molar-refractivity contribution is 7.90. The van der Waals surface area contributed by atoms with Gasteiger partial charge in [0.05, 0.1) is 28.9 Å². The van der Waals surface area contributed by atoms with Crippen molar-refractivity contribution in [1.82, 2.24) is 24.9 Å². The van der Waals surface area contributed by atoms with E-state index >= 15 is 0 Å². The van der Waals surface area contributed by atoms with E-state index in [-0.39, 0.29) is 23.5 Å². The summed E-state index contributed by atoms with van der Waals surface area (Å²) in [5, 5.41) is 0.0759. The van der Waals surface area contributed by atoms with Crippen LogP contribution in [0.5, 0.6) is 6.01 Å². The topological polar surface area (TPSA) is 129 Å². The van der Waals surface area contributed by atoms with Crippen LogP contribution < -0.4 is 4.74 Å². The Labute approximate surface area is 170 Å². The number of ether oxygens (including phenoxy) is 3. The fraction of sp³-hybridized carbons (Fsp3) is 0.412. The molecule has 12 heteroatoms. The molecule has 2 fully saturated rings. The maximum absolute atomic E-state index is 11.5. The monoisotopic (exact) mass is 437 g/mol. The average Bonchev–Trinajstić information content (AvgIpc) is 3.37. The molecule has 5 heterocycles. The highest BCUT2D eigenvalue weighted by Gasteiger charge is 2.43. The van der Waals surface area contributed by atoms with Gasteiger partial charge in [-0.3, -0.25) is 0 Å². The highest BCUT2D eigenvalue weighted by atomic mass is 35.5. The smallest absolute Gasteiger partial charge is 0.296 e. The van der Waals surface area contributed by atoms with E-state index in [4.69, 9.17) is 25.8 Å². The van der Waals surface area contributed by atoms with Crippen LogP contribution >= 0.6 is 11.6 Å². The Hall–Kier alpha value is -2.34. The van der Waals surface area contributed by atoms with Crippen molar-refractivity contribution in [1.29, 1.82) is 0 Å². The van der Waals surface area contributed by atoms with Crippen LogP contribution in [0.25, 0.3) is 22.4 Å². The van der Waals surface area contributed by atoms with E-state index in [1.807, 2.05) is 0 Å². The summed E-state index contributed by atoms with van der Waals surface area (Å²) in [6.07, 6.45) is 4.36. The molecule has 3 atom stereocenters. The van der Waals surface area contributed by atoms with Crippen LogP contribution in [-0.2, 0) is 19.3 Å². The summed E-state index contributed by atoms with van der Waals surface area (Å²) in [5.74, 6) is 0. The number of H-pyrrole nitrogens is 1. The minimum atomic E-state index is -3.49. The number of nitrogens with one attached hydrogen (secondary N) is 1. The van der Waals surface area contributed by atoms with E-state index in [1.54, 1.807) is 6.07 Å². The van der Waals surface area contributed by atoms with Gasteiger partial charge in [0.1, 0.15) is 6.10 Å². The summed E-state index contributed by atoms with van der Waals surface area (Å²) in [6, 6.07) is 1.97. The van der Waals surface area contributed by atoms with Crippen molar-refractivity contribution in [3.63, 3.8) is 0 Å². The van der Waals surface area contributed by atoms with Crippen molar-refractivity contribution in [2.75, 3.05) is 19.5 Å².